The second-order valence-corrected chi connectivity index (χ2v) is 6.54. The first-order chi connectivity index (χ1) is 14.1. The van der Waals surface area contributed by atoms with E-state index >= 15 is 0 Å². The van der Waals surface area contributed by atoms with Gasteiger partial charge in [0.15, 0.2) is 0 Å². The lowest BCUT2D eigenvalue weighted by Crippen LogP contribution is -2.30. The predicted molar refractivity (Wildman–Crippen MR) is 111 cm³/mol. The van der Waals surface area contributed by atoms with Crippen LogP contribution in [0.3, 0.4) is 0 Å². The van der Waals surface area contributed by atoms with Crippen LogP contribution in [0.5, 0.6) is 11.5 Å². The highest BCUT2D eigenvalue weighted by Gasteiger charge is 2.17. The molecule has 0 saturated heterocycles. The summed E-state index contributed by atoms with van der Waals surface area (Å²) >= 11 is 0. The highest BCUT2D eigenvalue weighted by atomic mass is 16.5. The molecule has 1 amide bonds. The maximum Gasteiger partial charge on any atom is 0.251 e. The normalized spacial score (nSPS) is 11.2. The van der Waals surface area contributed by atoms with Crippen molar-refractivity contribution >= 4 is 5.91 Å². The summed E-state index contributed by atoms with van der Waals surface area (Å²) in [5.41, 5.74) is 2.94. The molecule has 0 spiro atoms. The molecule has 3 rings (SSSR count). The van der Waals surface area contributed by atoms with Gasteiger partial charge in [0, 0.05) is 5.56 Å². The zero-order valence-electron chi connectivity index (χ0n) is 16.4. The number of amides is 1. The van der Waals surface area contributed by atoms with E-state index in [1.807, 2.05) is 48.5 Å². The first kappa shape index (κ1) is 20.0. The van der Waals surface area contributed by atoms with Gasteiger partial charge in [-0.25, -0.2) is 0 Å². The first-order valence-electron chi connectivity index (χ1n) is 9.21. The van der Waals surface area contributed by atoms with Crippen LogP contribution in [0, 0.1) is 11.3 Å². The number of nitrogens with zero attached hydrogens (tertiary/aromatic N) is 1. The largest absolute Gasteiger partial charge is 0.497 e. The second-order valence-electron chi connectivity index (χ2n) is 6.54. The van der Waals surface area contributed by atoms with Crippen molar-refractivity contribution < 1.29 is 14.3 Å². The number of nitriles is 1. The summed E-state index contributed by atoms with van der Waals surface area (Å²) in [6, 6.07) is 23.9. The van der Waals surface area contributed by atoms with Crippen molar-refractivity contribution in [2.24, 2.45) is 0 Å². The average Bonchev–Trinajstić information content (AvgIpc) is 2.79. The van der Waals surface area contributed by atoms with Crippen LogP contribution in [0.1, 0.15) is 33.1 Å². The van der Waals surface area contributed by atoms with Crippen molar-refractivity contribution in [3.63, 3.8) is 0 Å². The summed E-state index contributed by atoms with van der Waals surface area (Å²) in [6.07, 6.45) is 0.611. The quantitative estimate of drug-likeness (QED) is 0.658. The summed E-state index contributed by atoms with van der Waals surface area (Å²) in [6.45, 7) is 0. The minimum Gasteiger partial charge on any atom is -0.497 e. The molecule has 0 heterocycles. The predicted octanol–water partition coefficient (Wildman–Crippen LogP) is 4.29. The van der Waals surface area contributed by atoms with Gasteiger partial charge in [0.2, 0.25) is 0 Å². The molecule has 1 atom stereocenters. The molecule has 0 radical (unpaired) electrons. The summed E-state index contributed by atoms with van der Waals surface area (Å²) < 4.78 is 10.5. The van der Waals surface area contributed by atoms with Crippen molar-refractivity contribution in [3.8, 4) is 17.6 Å². The topological polar surface area (TPSA) is 71.3 Å². The molecule has 0 saturated carbocycles. The number of rotatable bonds is 7. The summed E-state index contributed by atoms with van der Waals surface area (Å²) in [5, 5.41) is 12.2. The Morgan fingerprint density at radius 1 is 0.966 bits per heavy atom. The number of benzene rings is 3. The molecular weight excluding hydrogens is 364 g/mol. The number of nitrogens with one attached hydrogen (secondary N) is 1. The maximum absolute atomic E-state index is 12.8. The van der Waals surface area contributed by atoms with Gasteiger partial charge in [-0.3, -0.25) is 4.79 Å². The highest BCUT2D eigenvalue weighted by molar-refractivity contribution is 5.94. The first-order valence-corrected chi connectivity index (χ1v) is 9.21. The molecule has 0 aliphatic rings. The molecule has 0 bridgehead atoms. The van der Waals surface area contributed by atoms with Gasteiger partial charge in [0.25, 0.3) is 5.91 Å². The minimum atomic E-state index is -0.243. The van der Waals surface area contributed by atoms with E-state index in [1.165, 1.54) is 0 Å². The molecule has 5 heteroatoms. The molecular formula is C24H22N2O3. The Morgan fingerprint density at radius 3 is 2.17 bits per heavy atom. The van der Waals surface area contributed by atoms with Crippen molar-refractivity contribution in [2.45, 2.75) is 12.5 Å². The van der Waals surface area contributed by atoms with Crippen molar-refractivity contribution in [1.29, 1.82) is 5.26 Å². The Bertz CT molecular complexity index is 1010. The molecule has 0 aromatic heterocycles. The Labute approximate surface area is 170 Å². The van der Waals surface area contributed by atoms with Gasteiger partial charge in [-0.2, -0.15) is 5.26 Å². The fourth-order valence-corrected chi connectivity index (χ4v) is 3.06. The molecule has 1 N–H and O–H groups in total. The molecule has 0 aliphatic heterocycles. The molecule has 5 nitrogen and oxygen atoms in total. The van der Waals surface area contributed by atoms with Crippen LogP contribution in [0.4, 0.5) is 0 Å². The Balaban J connectivity index is 1.86. The zero-order valence-corrected chi connectivity index (χ0v) is 16.4. The fourth-order valence-electron chi connectivity index (χ4n) is 3.06. The van der Waals surface area contributed by atoms with Gasteiger partial charge in [-0.05, 0) is 60.0 Å². The molecule has 0 fully saturated rings. The number of hydrogen-bond donors (Lipinski definition) is 1. The van der Waals surface area contributed by atoms with Gasteiger partial charge < -0.3 is 14.8 Å². The lowest BCUT2D eigenvalue weighted by Gasteiger charge is -2.20. The number of carbonyl (C=O) groups excluding carboxylic acids is 1. The van der Waals surface area contributed by atoms with Crippen LogP contribution in [-0.4, -0.2) is 20.1 Å². The Morgan fingerprint density at radius 2 is 1.59 bits per heavy atom. The summed E-state index contributed by atoms with van der Waals surface area (Å²) in [4.78, 5) is 12.8. The van der Waals surface area contributed by atoms with E-state index < -0.39 is 0 Å². The summed E-state index contributed by atoms with van der Waals surface area (Å²) in [5.74, 6) is 1.31. The van der Waals surface area contributed by atoms with Crippen LogP contribution in [0.15, 0.2) is 72.8 Å². The molecule has 0 unspecified atom stereocenters. The second kappa shape index (κ2) is 9.43. The fraction of sp³-hybridized carbons (Fsp3) is 0.167. The maximum atomic E-state index is 12.8. The third-order valence-corrected chi connectivity index (χ3v) is 4.68. The van der Waals surface area contributed by atoms with Gasteiger partial charge in [-0.1, -0.05) is 30.3 Å². The SMILES string of the molecule is COc1ccc(C[C@H](NC(=O)c2cccc(C#N)c2)c2ccc(OC)cc2)cc1. The lowest BCUT2D eigenvalue weighted by atomic mass is 9.98. The van der Waals surface area contributed by atoms with Gasteiger partial charge in [0.05, 0.1) is 31.9 Å². The average molecular weight is 386 g/mol. The molecule has 0 aliphatic carbocycles. The van der Waals surface area contributed by atoms with Crippen LogP contribution < -0.4 is 14.8 Å². The van der Waals surface area contributed by atoms with Crippen molar-refractivity contribution in [1.82, 2.24) is 5.32 Å². The number of methoxy groups -OCH3 is 2. The van der Waals surface area contributed by atoms with Crippen molar-refractivity contribution in [3.05, 3.63) is 95.1 Å². The standard InChI is InChI=1S/C24H22N2O3/c1-28-21-10-6-17(7-11-21)15-23(19-8-12-22(29-2)13-9-19)26-24(27)20-5-3-4-18(14-20)16-25/h3-14,23H,15H2,1-2H3,(H,26,27)/t23-/m0/s1. The highest BCUT2D eigenvalue weighted by Crippen LogP contribution is 2.23. The van der Waals surface area contributed by atoms with Crippen LogP contribution in [-0.2, 0) is 6.42 Å². The third-order valence-electron chi connectivity index (χ3n) is 4.68. The van der Waals surface area contributed by atoms with Gasteiger partial charge in [-0.15, -0.1) is 0 Å². The van der Waals surface area contributed by atoms with E-state index in [4.69, 9.17) is 14.7 Å². The number of hydrogen-bond acceptors (Lipinski definition) is 4. The Hall–Kier alpha value is -3.78. The van der Waals surface area contributed by atoms with E-state index in [0.717, 1.165) is 22.6 Å². The Kier molecular flexibility index (Phi) is 6.49. The monoisotopic (exact) mass is 386 g/mol. The molecule has 3 aromatic rings. The van der Waals surface area contributed by atoms with Crippen LogP contribution in [0.25, 0.3) is 0 Å². The van der Waals surface area contributed by atoms with Gasteiger partial charge >= 0.3 is 0 Å². The van der Waals surface area contributed by atoms with E-state index in [2.05, 4.69) is 11.4 Å². The van der Waals surface area contributed by atoms with Crippen LogP contribution in [0.2, 0.25) is 0 Å². The van der Waals surface area contributed by atoms with Crippen LogP contribution >= 0.6 is 0 Å². The van der Waals surface area contributed by atoms with Gasteiger partial charge in [0.1, 0.15) is 11.5 Å². The third kappa shape index (κ3) is 5.14. The molecule has 146 valence electrons. The van der Waals surface area contributed by atoms with E-state index in [0.29, 0.717) is 17.5 Å². The lowest BCUT2D eigenvalue weighted by molar-refractivity contribution is 0.0936. The minimum absolute atomic E-state index is 0.226. The smallest absolute Gasteiger partial charge is 0.251 e. The van der Waals surface area contributed by atoms with E-state index in [1.54, 1.807) is 38.5 Å². The van der Waals surface area contributed by atoms with E-state index in [-0.39, 0.29) is 11.9 Å². The zero-order chi connectivity index (χ0) is 20.6. The van der Waals surface area contributed by atoms with E-state index in [9.17, 15) is 4.79 Å². The number of carbonyl (C=O) groups is 1. The number of ether oxygens (including phenoxy) is 2. The van der Waals surface area contributed by atoms with Crippen molar-refractivity contribution in [2.75, 3.05) is 14.2 Å². The summed E-state index contributed by atoms with van der Waals surface area (Å²) in [7, 11) is 3.25. The molecule has 29 heavy (non-hydrogen) atoms. The molecule has 3 aromatic carbocycles.